The fourth-order valence-electron chi connectivity index (χ4n) is 2.84. The first-order valence-electron chi connectivity index (χ1n) is 8.74. The molecule has 0 aliphatic carbocycles. The predicted molar refractivity (Wildman–Crippen MR) is 106 cm³/mol. The van der Waals surface area contributed by atoms with Crippen LogP contribution in [-0.2, 0) is 6.61 Å². The third-order valence-corrected chi connectivity index (χ3v) is 4.34. The Bertz CT molecular complexity index is 1100. The fourth-order valence-corrected chi connectivity index (χ4v) is 2.84. The average molecular weight is 354 g/mol. The smallest absolute Gasteiger partial charge is 0.159 e. The highest BCUT2D eigenvalue weighted by Crippen LogP contribution is 2.24. The van der Waals surface area contributed by atoms with E-state index in [9.17, 15) is 4.79 Å². The maximum Gasteiger partial charge on any atom is 0.159 e. The lowest BCUT2D eigenvalue weighted by Gasteiger charge is -2.09. The van der Waals surface area contributed by atoms with E-state index in [2.05, 4.69) is 9.97 Å². The molecule has 1 heterocycles. The van der Waals surface area contributed by atoms with Crippen molar-refractivity contribution in [2.24, 2.45) is 0 Å². The van der Waals surface area contributed by atoms with Crippen molar-refractivity contribution in [3.63, 3.8) is 0 Å². The number of benzene rings is 3. The molecule has 4 nitrogen and oxygen atoms in total. The van der Waals surface area contributed by atoms with Crippen LogP contribution in [-0.4, -0.2) is 15.8 Å². The molecular formula is C23H18N2O2. The summed E-state index contributed by atoms with van der Waals surface area (Å²) in [6.45, 7) is 2.00. The molecule has 0 aliphatic rings. The summed E-state index contributed by atoms with van der Waals surface area (Å²) in [4.78, 5) is 20.5. The number of rotatable bonds is 5. The fraction of sp³-hybridized carbons (Fsp3) is 0.0870. The lowest BCUT2D eigenvalue weighted by molar-refractivity contribution is 0.101. The van der Waals surface area contributed by atoms with Gasteiger partial charge in [-0.05, 0) is 36.8 Å². The molecule has 0 saturated carbocycles. The van der Waals surface area contributed by atoms with Crippen molar-refractivity contribution in [1.82, 2.24) is 9.97 Å². The lowest BCUT2D eigenvalue weighted by Crippen LogP contribution is -1.97. The number of para-hydroxylation sites is 2. The Hall–Kier alpha value is -3.53. The highest BCUT2D eigenvalue weighted by molar-refractivity contribution is 5.94. The van der Waals surface area contributed by atoms with Gasteiger partial charge in [0, 0.05) is 11.1 Å². The van der Waals surface area contributed by atoms with Crippen LogP contribution in [0.25, 0.3) is 22.3 Å². The second-order valence-corrected chi connectivity index (χ2v) is 6.31. The third kappa shape index (κ3) is 3.85. The maximum absolute atomic E-state index is 11.3. The van der Waals surface area contributed by atoms with Gasteiger partial charge in [0.2, 0.25) is 0 Å². The maximum atomic E-state index is 11.3. The van der Waals surface area contributed by atoms with Gasteiger partial charge in [-0.3, -0.25) is 9.78 Å². The van der Waals surface area contributed by atoms with Gasteiger partial charge in [0.1, 0.15) is 12.4 Å². The van der Waals surface area contributed by atoms with E-state index in [1.807, 2.05) is 72.8 Å². The molecule has 4 aromatic rings. The number of hydrogen-bond donors (Lipinski definition) is 0. The molecule has 0 atom stereocenters. The average Bonchev–Trinajstić information content (AvgIpc) is 2.72. The molecule has 0 saturated heterocycles. The minimum atomic E-state index is 0.0617. The molecule has 132 valence electrons. The third-order valence-electron chi connectivity index (χ3n) is 4.34. The first-order chi connectivity index (χ1) is 13.2. The SMILES string of the molecule is CC(=O)c1ccc(COc2cccc(-c3cnc4ccccc4n3)c2)cc1. The number of fused-ring (bicyclic) bond motifs is 1. The summed E-state index contributed by atoms with van der Waals surface area (Å²) >= 11 is 0. The molecule has 0 spiro atoms. The van der Waals surface area contributed by atoms with E-state index in [-0.39, 0.29) is 5.78 Å². The number of hydrogen-bond acceptors (Lipinski definition) is 4. The zero-order chi connectivity index (χ0) is 18.6. The van der Waals surface area contributed by atoms with Crippen molar-refractivity contribution in [2.75, 3.05) is 0 Å². The van der Waals surface area contributed by atoms with E-state index in [0.29, 0.717) is 12.2 Å². The number of ketones is 1. The summed E-state index contributed by atoms with van der Waals surface area (Å²) < 4.78 is 5.91. The lowest BCUT2D eigenvalue weighted by atomic mass is 10.1. The molecule has 4 heteroatoms. The van der Waals surface area contributed by atoms with Gasteiger partial charge >= 0.3 is 0 Å². The zero-order valence-electron chi connectivity index (χ0n) is 14.9. The van der Waals surface area contributed by atoms with Gasteiger partial charge in [-0.2, -0.15) is 0 Å². The van der Waals surface area contributed by atoms with Crippen LogP contribution in [0.1, 0.15) is 22.8 Å². The van der Waals surface area contributed by atoms with E-state index in [0.717, 1.165) is 33.6 Å². The minimum Gasteiger partial charge on any atom is -0.489 e. The quantitative estimate of drug-likeness (QED) is 0.469. The van der Waals surface area contributed by atoms with Gasteiger partial charge in [0.25, 0.3) is 0 Å². The molecular weight excluding hydrogens is 336 g/mol. The zero-order valence-corrected chi connectivity index (χ0v) is 14.9. The number of Topliss-reactive ketones (excluding diaryl/α,β-unsaturated/α-hetero) is 1. The number of carbonyl (C=O) groups is 1. The molecule has 27 heavy (non-hydrogen) atoms. The van der Waals surface area contributed by atoms with Crippen molar-refractivity contribution >= 4 is 16.8 Å². The number of aromatic nitrogens is 2. The van der Waals surface area contributed by atoms with Gasteiger partial charge in [0.05, 0.1) is 22.9 Å². The molecule has 0 aliphatic heterocycles. The van der Waals surface area contributed by atoms with E-state index in [4.69, 9.17) is 4.74 Å². The Morgan fingerprint density at radius 3 is 2.48 bits per heavy atom. The summed E-state index contributed by atoms with van der Waals surface area (Å²) in [7, 11) is 0. The molecule has 0 amide bonds. The Morgan fingerprint density at radius 2 is 1.70 bits per heavy atom. The van der Waals surface area contributed by atoms with Gasteiger partial charge in [-0.1, -0.05) is 48.5 Å². The predicted octanol–water partition coefficient (Wildman–Crippen LogP) is 5.08. The van der Waals surface area contributed by atoms with Gasteiger partial charge in [-0.25, -0.2) is 4.98 Å². The van der Waals surface area contributed by atoms with Crippen LogP contribution in [0.4, 0.5) is 0 Å². The molecule has 0 fully saturated rings. The summed E-state index contributed by atoms with van der Waals surface area (Å²) in [5, 5.41) is 0. The summed E-state index contributed by atoms with van der Waals surface area (Å²) in [6, 6.07) is 23.1. The second-order valence-electron chi connectivity index (χ2n) is 6.31. The van der Waals surface area contributed by atoms with E-state index in [1.165, 1.54) is 0 Å². The van der Waals surface area contributed by atoms with Crippen LogP contribution in [0.2, 0.25) is 0 Å². The Labute approximate surface area is 157 Å². The summed E-state index contributed by atoms with van der Waals surface area (Å²) in [5.41, 5.74) is 5.23. The minimum absolute atomic E-state index is 0.0617. The van der Waals surface area contributed by atoms with Crippen molar-refractivity contribution in [1.29, 1.82) is 0 Å². The monoisotopic (exact) mass is 354 g/mol. The highest BCUT2D eigenvalue weighted by atomic mass is 16.5. The normalized spacial score (nSPS) is 10.7. The van der Waals surface area contributed by atoms with Gasteiger partial charge < -0.3 is 4.74 Å². The molecule has 0 unspecified atom stereocenters. The number of ether oxygens (including phenoxy) is 1. The first-order valence-corrected chi connectivity index (χ1v) is 8.74. The Morgan fingerprint density at radius 1 is 0.926 bits per heavy atom. The molecule has 3 aromatic carbocycles. The van der Waals surface area contributed by atoms with Crippen molar-refractivity contribution in [3.05, 3.63) is 90.1 Å². The largest absolute Gasteiger partial charge is 0.489 e. The van der Waals surface area contributed by atoms with Crippen molar-refractivity contribution in [2.45, 2.75) is 13.5 Å². The molecule has 4 rings (SSSR count). The Balaban J connectivity index is 1.52. The molecule has 0 bridgehead atoms. The molecule has 1 aromatic heterocycles. The number of carbonyl (C=O) groups excluding carboxylic acids is 1. The Kier molecular flexibility index (Phi) is 4.62. The topological polar surface area (TPSA) is 52.1 Å². The van der Waals surface area contributed by atoms with Crippen molar-refractivity contribution in [3.8, 4) is 17.0 Å². The second kappa shape index (κ2) is 7.38. The van der Waals surface area contributed by atoms with Crippen LogP contribution in [0, 0.1) is 0 Å². The van der Waals surface area contributed by atoms with Crippen LogP contribution in [0.3, 0.4) is 0 Å². The van der Waals surface area contributed by atoms with Crippen LogP contribution < -0.4 is 4.74 Å². The summed E-state index contributed by atoms with van der Waals surface area (Å²) in [5.74, 6) is 0.824. The van der Waals surface area contributed by atoms with Crippen LogP contribution >= 0.6 is 0 Å². The van der Waals surface area contributed by atoms with E-state index < -0.39 is 0 Å². The first kappa shape index (κ1) is 16.9. The number of nitrogens with zero attached hydrogens (tertiary/aromatic N) is 2. The van der Waals surface area contributed by atoms with Crippen molar-refractivity contribution < 1.29 is 9.53 Å². The standard InChI is InChI=1S/C23H18N2O2/c1-16(26)18-11-9-17(10-12-18)15-27-20-6-4-5-19(13-20)23-14-24-21-7-2-3-8-22(21)25-23/h2-14H,15H2,1H3. The highest BCUT2D eigenvalue weighted by Gasteiger charge is 2.05. The van der Waals surface area contributed by atoms with E-state index in [1.54, 1.807) is 13.1 Å². The van der Waals surface area contributed by atoms with Crippen LogP contribution in [0.5, 0.6) is 5.75 Å². The molecule has 0 radical (unpaired) electrons. The van der Waals surface area contributed by atoms with Gasteiger partial charge in [-0.15, -0.1) is 0 Å². The van der Waals surface area contributed by atoms with E-state index >= 15 is 0 Å². The summed E-state index contributed by atoms with van der Waals surface area (Å²) in [6.07, 6.45) is 1.78. The van der Waals surface area contributed by atoms with Gasteiger partial charge in [0.15, 0.2) is 5.78 Å². The molecule has 0 N–H and O–H groups in total. The van der Waals surface area contributed by atoms with Crippen LogP contribution in [0.15, 0.2) is 79.0 Å².